The Bertz CT molecular complexity index is 633. The van der Waals surface area contributed by atoms with Gasteiger partial charge in [0.25, 0.3) is 0 Å². The lowest BCUT2D eigenvalue weighted by Gasteiger charge is -2.40. The van der Waals surface area contributed by atoms with Gasteiger partial charge in [0.05, 0.1) is 31.8 Å². The second-order valence-corrected chi connectivity index (χ2v) is 7.12. The first-order chi connectivity index (χ1) is 13.0. The molecule has 2 atom stereocenters. The van der Waals surface area contributed by atoms with Crippen molar-refractivity contribution in [3.05, 3.63) is 24.3 Å². The summed E-state index contributed by atoms with van der Waals surface area (Å²) in [7, 11) is 1.40. The molecule has 0 unspecified atom stereocenters. The highest BCUT2D eigenvalue weighted by molar-refractivity contribution is 5.79. The molecule has 1 saturated carbocycles. The van der Waals surface area contributed by atoms with Crippen LogP contribution in [0.4, 0.5) is 0 Å². The van der Waals surface area contributed by atoms with Gasteiger partial charge < -0.3 is 19.5 Å². The van der Waals surface area contributed by atoms with Gasteiger partial charge in [0.1, 0.15) is 0 Å². The van der Waals surface area contributed by atoms with Gasteiger partial charge in [0.2, 0.25) is 5.91 Å². The number of benzene rings is 1. The van der Waals surface area contributed by atoms with Crippen molar-refractivity contribution in [2.24, 2.45) is 5.92 Å². The van der Waals surface area contributed by atoms with Gasteiger partial charge in [-0.15, -0.1) is 0 Å². The zero-order valence-corrected chi connectivity index (χ0v) is 16.6. The summed E-state index contributed by atoms with van der Waals surface area (Å²) in [6.07, 6.45) is 4.46. The third-order valence-corrected chi connectivity index (χ3v) is 5.07. The van der Waals surface area contributed by atoms with Crippen molar-refractivity contribution in [3.63, 3.8) is 0 Å². The van der Waals surface area contributed by atoms with E-state index in [9.17, 15) is 9.59 Å². The van der Waals surface area contributed by atoms with Gasteiger partial charge in [0, 0.05) is 6.42 Å². The van der Waals surface area contributed by atoms with E-state index >= 15 is 0 Å². The topological polar surface area (TPSA) is 73.9 Å². The van der Waals surface area contributed by atoms with Crippen LogP contribution >= 0.6 is 0 Å². The van der Waals surface area contributed by atoms with Crippen LogP contribution in [0.25, 0.3) is 0 Å². The molecule has 1 aliphatic carbocycles. The molecule has 1 aromatic rings. The predicted molar refractivity (Wildman–Crippen MR) is 103 cm³/mol. The average Bonchev–Trinajstić information content (AvgIpc) is 2.66. The van der Waals surface area contributed by atoms with E-state index in [1.807, 2.05) is 38.1 Å². The molecule has 0 heterocycles. The highest BCUT2D eigenvalue weighted by Gasteiger charge is 2.42. The SMILES string of the molecule is CCOc1ccccc1OCCCC(=O)N[C@]1(C)CCCC[C@@H]1C(=O)OC. The molecule has 0 saturated heterocycles. The number of hydrogen-bond acceptors (Lipinski definition) is 5. The number of esters is 1. The number of carbonyl (C=O) groups excluding carboxylic acids is 2. The Morgan fingerprint density at radius 3 is 2.56 bits per heavy atom. The van der Waals surface area contributed by atoms with Crippen LogP contribution in [0, 0.1) is 5.92 Å². The van der Waals surface area contributed by atoms with Gasteiger partial charge in [-0.05, 0) is 45.2 Å². The Kier molecular flexibility index (Phi) is 7.95. The largest absolute Gasteiger partial charge is 0.490 e. The standard InChI is InChI=1S/C21H31NO5/c1-4-26-17-11-5-6-12-18(17)27-15-9-13-19(23)22-21(2)14-8-7-10-16(21)20(24)25-3/h5-6,11-12,16H,4,7-10,13-15H2,1-3H3,(H,22,23)/t16-,21-/m1/s1. The minimum atomic E-state index is -0.537. The average molecular weight is 377 g/mol. The summed E-state index contributed by atoms with van der Waals surface area (Å²) in [6.45, 7) is 4.87. The molecule has 0 aliphatic heterocycles. The van der Waals surface area contributed by atoms with Crippen molar-refractivity contribution in [3.8, 4) is 11.5 Å². The zero-order valence-electron chi connectivity index (χ0n) is 16.6. The van der Waals surface area contributed by atoms with Gasteiger partial charge in [-0.25, -0.2) is 0 Å². The van der Waals surface area contributed by atoms with Gasteiger partial charge in [-0.3, -0.25) is 9.59 Å². The lowest BCUT2D eigenvalue weighted by atomic mass is 9.73. The molecule has 0 spiro atoms. The molecule has 150 valence electrons. The lowest BCUT2D eigenvalue weighted by Crippen LogP contribution is -2.55. The number of rotatable bonds is 9. The van der Waals surface area contributed by atoms with Crippen molar-refractivity contribution in [2.75, 3.05) is 20.3 Å². The van der Waals surface area contributed by atoms with Crippen LogP contribution in [-0.4, -0.2) is 37.7 Å². The minimum Gasteiger partial charge on any atom is -0.490 e. The summed E-state index contributed by atoms with van der Waals surface area (Å²) in [5.41, 5.74) is -0.537. The zero-order chi connectivity index (χ0) is 19.7. The number of amides is 1. The highest BCUT2D eigenvalue weighted by Crippen LogP contribution is 2.34. The summed E-state index contributed by atoms with van der Waals surface area (Å²) in [5, 5.41) is 3.07. The molecule has 1 aliphatic rings. The van der Waals surface area contributed by atoms with Crippen molar-refractivity contribution < 1.29 is 23.8 Å². The second kappa shape index (κ2) is 10.2. The molecule has 2 rings (SSSR count). The van der Waals surface area contributed by atoms with Crippen LogP contribution in [-0.2, 0) is 14.3 Å². The summed E-state index contributed by atoms with van der Waals surface area (Å²) in [4.78, 5) is 24.5. The van der Waals surface area contributed by atoms with E-state index < -0.39 is 5.54 Å². The first kappa shape index (κ1) is 21.1. The molecule has 0 aromatic heterocycles. The molecule has 6 heteroatoms. The van der Waals surface area contributed by atoms with Crippen molar-refractivity contribution in [1.29, 1.82) is 0 Å². The number of carbonyl (C=O) groups is 2. The highest BCUT2D eigenvalue weighted by atomic mass is 16.5. The molecular weight excluding hydrogens is 346 g/mol. The summed E-state index contributed by atoms with van der Waals surface area (Å²) in [6, 6.07) is 7.51. The fourth-order valence-electron chi connectivity index (χ4n) is 3.64. The Morgan fingerprint density at radius 1 is 1.19 bits per heavy atom. The molecule has 1 aromatic carbocycles. The molecule has 6 nitrogen and oxygen atoms in total. The first-order valence-corrected chi connectivity index (χ1v) is 9.73. The maximum atomic E-state index is 12.4. The molecule has 1 N–H and O–H groups in total. The fourth-order valence-corrected chi connectivity index (χ4v) is 3.64. The molecule has 0 bridgehead atoms. The van der Waals surface area contributed by atoms with Crippen molar-refractivity contribution in [2.45, 2.75) is 57.9 Å². The van der Waals surface area contributed by atoms with Gasteiger partial charge in [-0.2, -0.15) is 0 Å². The first-order valence-electron chi connectivity index (χ1n) is 9.73. The Balaban J connectivity index is 1.81. The van der Waals surface area contributed by atoms with E-state index in [4.69, 9.17) is 14.2 Å². The van der Waals surface area contributed by atoms with E-state index in [1.54, 1.807) is 0 Å². The maximum absolute atomic E-state index is 12.4. The number of ether oxygens (including phenoxy) is 3. The van der Waals surface area contributed by atoms with E-state index in [2.05, 4.69) is 5.32 Å². The smallest absolute Gasteiger partial charge is 0.311 e. The van der Waals surface area contributed by atoms with E-state index in [0.717, 1.165) is 25.7 Å². The Hall–Kier alpha value is -2.24. The number of nitrogens with one attached hydrogen (secondary N) is 1. The summed E-state index contributed by atoms with van der Waals surface area (Å²) in [5.74, 6) is 0.808. The number of hydrogen-bond donors (Lipinski definition) is 1. The van der Waals surface area contributed by atoms with Crippen LogP contribution in [0.5, 0.6) is 11.5 Å². The van der Waals surface area contributed by atoms with Gasteiger partial charge >= 0.3 is 5.97 Å². The quantitative estimate of drug-likeness (QED) is 0.527. The molecule has 1 amide bonds. The van der Waals surface area contributed by atoms with Crippen molar-refractivity contribution >= 4 is 11.9 Å². The lowest BCUT2D eigenvalue weighted by molar-refractivity contribution is -0.150. The normalized spacial score (nSPS) is 22.0. The van der Waals surface area contributed by atoms with Crippen LogP contribution in [0.15, 0.2) is 24.3 Å². The summed E-state index contributed by atoms with van der Waals surface area (Å²) >= 11 is 0. The summed E-state index contributed by atoms with van der Waals surface area (Å²) < 4.78 is 16.2. The molecule has 1 fully saturated rings. The maximum Gasteiger partial charge on any atom is 0.311 e. The van der Waals surface area contributed by atoms with Gasteiger partial charge in [0.15, 0.2) is 11.5 Å². The number of para-hydroxylation sites is 2. The van der Waals surface area contributed by atoms with Crippen LogP contribution < -0.4 is 14.8 Å². The minimum absolute atomic E-state index is 0.0602. The van der Waals surface area contributed by atoms with E-state index in [-0.39, 0.29) is 17.8 Å². The molecule has 0 radical (unpaired) electrons. The molecule has 27 heavy (non-hydrogen) atoms. The van der Waals surface area contributed by atoms with Crippen molar-refractivity contribution in [1.82, 2.24) is 5.32 Å². The van der Waals surface area contributed by atoms with E-state index in [0.29, 0.717) is 37.6 Å². The fraction of sp³-hybridized carbons (Fsp3) is 0.619. The second-order valence-electron chi connectivity index (χ2n) is 7.12. The third kappa shape index (κ3) is 5.88. The monoisotopic (exact) mass is 377 g/mol. The predicted octanol–water partition coefficient (Wildman–Crippen LogP) is 3.48. The molecular formula is C21H31NO5. The van der Waals surface area contributed by atoms with Crippen LogP contribution in [0.2, 0.25) is 0 Å². The Morgan fingerprint density at radius 2 is 1.89 bits per heavy atom. The Labute approximate surface area is 161 Å². The third-order valence-electron chi connectivity index (χ3n) is 5.07. The van der Waals surface area contributed by atoms with Gasteiger partial charge in [-0.1, -0.05) is 25.0 Å². The van der Waals surface area contributed by atoms with E-state index in [1.165, 1.54) is 7.11 Å². The van der Waals surface area contributed by atoms with Crippen LogP contribution in [0.1, 0.15) is 52.4 Å². The number of methoxy groups -OCH3 is 1. The van der Waals surface area contributed by atoms with Crippen LogP contribution in [0.3, 0.4) is 0 Å².